The Balaban J connectivity index is 1.63. The van der Waals surface area contributed by atoms with E-state index in [-0.39, 0.29) is 5.69 Å². The van der Waals surface area contributed by atoms with E-state index in [4.69, 9.17) is 4.74 Å². The first-order chi connectivity index (χ1) is 10.8. The van der Waals surface area contributed by atoms with Gasteiger partial charge in [-0.15, -0.1) is 5.10 Å². The standard InChI is InChI=1S/C16H16N4O2/c21-16-19-8-4-3-7-15(19)17-20(16)12-18-9-10-22-14-6-2-1-5-13(14)11-18/h1-8H,9-12H2. The normalized spacial score (nSPS) is 15.3. The van der Waals surface area contributed by atoms with Crippen molar-refractivity contribution >= 4 is 5.65 Å². The van der Waals surface area contributed by atoms with E-state index >= 15 is 0 Å². The van der Waals surface area contributed by atoms with Gasteiger partial charge in [-0.2, -0.15) is 4.68 Å². The van der Waals surface area contributed by atoms with Crippen LogP contribution in [0.3, 0.4) is 0 Å². The summed E-state index contributed by atoms with van der Waals surface area (Å²) in [7, 11) is 0. The van der Waals surface area contributed by atoms with Crippen molar-refractivity contribution in [1.29, 1.82) is 0 Å². The second-order valence-corrected chi connectivity index (χ2v) is 5.36. The molecular formula is C16H16N4O2. The molecule has 1 aliphatic rings. The maximum atomic E-state index is 12.3. The molecule has 4 rings (SSSR count). The number of rotatable bonds is 2. The summed E-state index contributed by atoms with van der Waals surface area (Å²) in [4.78, 5) is 14.5. The first-order valence-corrected chi connectivity index (χ1v) is 7.28. The lowest BCUT2D eigenvalue weighted by Crippen LogP contribution is -2.33. The molecule has 0 saturated carbocycles. The molecule has 0 radical (unpaired) electrons. The summed E-state index contributed by atoms with van der Waals surface area (Å²) >= 11 is 0. The monoisotopic (exact) mass is 296 g/mol. The fraction of sp³-hybridized carbons (Fsp3) is 0.250. The van der Waals surface area contributed by atoms with Gasteiger partial charge in [-0.05, 0) is 18.2 Å². The van der Waals surface area contributed by atoms with Gasteiger partial charge in [-0.3, -0.25) is 9.30 Å². The van der Waals surface area contributed by atoms with Crippen molar-refractivity contribution in [3.05, 3.63) is 64.7 Å². The van der Waals surface area contributed by atoms with Gasteiger partial charge in [-0.25, -0.2) is 4.79 Å². The van der Waals surface area contributed by atoms with Crippen molar-refractivity contribution in [2.75, 3.05) is 13.2 Å². The van der Waals surface area contributed by atoms with Gasteiger partial charge in [-0.1, -0.05) is 24.3 Å². The van der Waals surface area contributed by atoms with Gasteiger partial charge in [0, 0.05) is 24.8 Å². The Hall–Kier alpha value is -2.60. The highest BCUT2D eigenvalue weighted by Crippen LogP contribution is 2.22. The van der Waals surface area contributed by atoms with Crippen molar-refractivity contribution in [1.82, 2.24) is 19.1 Å². The third kappa shape index (κ3) is 2.27. The molecule has 2 aromatic heterocycles. The van der Waals surface area contributed by atoms with Crippen LogP contribution in [0.5, 0.6) is 5.75 Å². The van der Waals surface area contributed by atoms with E-state index in [1.165, 1.54) is 4.68 Å². The van der Waals surface area contributed by atoms with E-state index in [1.54, 1.807) is 10.6 Å². The van der Waals surface area contributed by atoms with E-state index in [0.717, 1.165) is 24.4 Å². The van der Waals surface area contributed by atoms with Crippen LogP contribution in [0, 0.1) is 0 Å². The Labute approximate surface area is 127 Å². The molecule has 0 N–H and O–H groups in total. The van der Waals surface area contributed by atoms with Crippen molar-refractivity contribution in [3.8, 4) is 5.75 Å². The maximum Gasteiger partial charge on any atom is 0.351 e. The minimum Gasteiger partial charge on any atom is -0.492 e. The number of para-hydroxylation sites is 1. The van der Waals surface area contributed by atoms with Crippen molar-refractivity contribution in [3.63, 3.8) is 0 Å². The van der Waals surface area contributed by atoms with E-state index in [0.29, 0.717) is 18.9 Å². The van der Waals surface area contributed by atoms with Gasteiger partial charge >= 0.3 is 5.69 Å². The smallest absolute Gasteiger partial charge is 0.351 e. The zero-order valence-corrected chi connectivity index (χ0v) is 12.1. The first-order valence-electron chi connectivity index (χ1n) is 7.28. The second-order valence-electron chi connectivity index (χ2n) is 5.36. The van der Waals surface area contributed by atoms with Crippen LogP contribution in [0.25, 0.3) is 5.65 Å². The van der Waals surface area contributed by atoms with Gasteiger partial charge in [0.25, 0.3) is 0 Å². The largest absolute Gasteiger partial charge is 0.492 e. The third-order valence-electron chi connectivity index (χ3n) is 3.85. The predicted octanol–water partition coefficient (Wildman–Crippen LogP) is 1.35. The van der Waals surface area contributed by atoms with Crippen molar-refractivity contribution in [2.45, 2.75) is 13.2 Å². The molecule has 22 heavy (non-hydrogen) atoms. The van der Waals surface area contributed by atoms with Crippen LogP contribution in [0.1, 0.15) is 5.56 Å². The maximum absolute atomic E-state index is 12.3. The molecule has 0 aliphatic carbocycles. The molecule has 0 spiro atoms. The molecule has 1 aromatic carbocycles. The second kappa shape index (κ2) is 5.31. The molecule has 0 fully saturated rings. The van der Waals surface area contributed by atoms with Gasteiger partial charge in [0.2, 0.25) is 0 Å². The Morgan fingerprint density at radius 1 is 1.14 bits per heavy atom. The molecule has 0 bridgehead atoms. The SMILES string of the molecule is O=c1n(CN2CCOc3ccccc3C2)nc2ccccn12. The molecule has 6 nitrogen and oxygen atoms in total. The summed E-state index contributed by atoms with van der Waals surface area (Å²) in [6.45, 7) is 2.57. The molecule has 112 valence electrons. The summed E-state index contributed by atoms with van der Waals surface area (Å²) in [5, 5.41) is 4.38. The summed E-state index contributed by atoms with van der Waals surface area (Å²) in [6, 6.07) is 13.6. The van der Waals surface area contributed by atoms with Gasteiger partial charge in [0.05, 0.1) is 6.67 Å². The Morgan fingerprint density at radius 3 is 2.91 bits per heavy atom. The Kier molecular flexibility index (Phi) is 3.16. The molecule has 0 unspecified atom stereocenters. The van der Waals surface area contributed by atoms with Gasteiger partial charge < -0.3 is 4.74 Å². The highest BCUT2D eigenvalue weighted by atomic mass is 16.5. The van der Waals surface area contributed by atoms with Crippen LogP contribution < -0.4 is 10.4 Å². The molecule has 3 aromatic rings. The van der Waals surface area contributed by atoms with E-state index in [1.807, 2.05) is 36.4 Å². The van der Waals surface area contributed by atoms with Crippen LogP contribution >= 0.6 is 0 Å². The highest BCUT2D eigenvalue weighted by Gasteiger charge is 2.16. The minimum absolute atomic E-state index is 0.117. The number of aromatic nitrogens is 3. The quantitative estimate of drug-likeness (QED) is 0.716. The van der Waals surface area contributed by atoms with Crippen LogP contribution in [-0.2, 0) is 13.2 Å². The van der Waals surface area contributed by atoms with Crippen molar-refractivity contribution in [2.24, 2.45) is 0 Å². The van der Waals surface area contributed by atoms with Gasteiger partial charge in [0.1, 0.15) is 12.4 Å². The lowest BCUT2D eigenvalue weighted by Gasteiger charge is -2.18. The summed E-state index contributed by atoms with van der Waals surface area (Å²) in [6.07, 6.45) is 1.74. The first kappa shape index (κ1) is 13.1. The van der Waals surface area contributed by atoms with Crippen LogP contribution in [0.4, 0.5) is 0 Å². The molecule has 3 heterocycles. The van der Waals surface area contributed by atoms with E-state index < -0.39 is 0 Å². The average molecular weight is 296 g/mol. The highest BCUT2D eigenvalue weighted by molar-refractivity contribution is 5.35. The van der Waals surface area contributed by atoms with Crippen LogP contribution in [0.15, 0.2) is 53.5 Å². The van der Waals surface area contributed by atoms with E-state index in [2.05, 4.69) is 16.1 Å². The third-order valence-corrected chi connectivity index (χ3v) is 3.85. The van der Waals surface area contributed by atoms with Crippen molar-refractivity contribution < 1.29 is 4.74 Å². The summed E-state index contributed by atoms with van der Waals surface area (Å²) in [5.41, 5.74) is 1.69. The number of ether oxygens (including phenoxy) is 1. The molecule has 6 heteroatoms. The fourth-order valence-electron chi connectivity index (χ4n) is 2.75. The summed E-state index contributed by atoms with van der Waals surface area (Å²) in [5.74, 6) is 0.923. The number of nitrogens with zero attached hydrogens (tertiary/aromatic N) is 4. The van der Waals surface area contributed by atoms with Gasteiger partial charge in [0.15, 0.2) is 5.65 Å². The lowest BCUT2D eigenvalue weighted by atomic mass is 10.2. The molecule has 0 atom stereocenters. The lowest BCUT2D eigenvalue weighted by molar-refractivity contribution is 0.176. The molecule has 0 saturated heterocycles. The zero-order chi connectivity index (χ0) is 14.9. The molecular weight excluding hydrogens is 280 g/mol. The van der Waals surface area contributed by atoms with Crippen LogP contribution in [0.2, 0.25) is 0 Å². The number of hydrogen-bond acceptors (Lipinski definition) is 4. The Bertz CT molecular complexity index is 868. The zero-order valence-electron chi connectivity index (χ0n) is 12.1. The molecule has 0 amide bonds. The van der Waals surface area contributed by atoms with Crippen LogP contribution in [-0.4, -0.2) is 32.2 Å². The fourth-order valence-corrected chi connectivity index (χ4v) is 2.75. The molecule has 1 aliphatic heterocycles. The number of fused-ring (bicyclic) bond motifs is 2. The van der Waals surface area contributed by atoms with E-state index in [9.17, 15) is 4.79 Å². The predicted molar refractivity (Wildman–Crippen MR) is 81.8 cm³/mol. The number of benzene rings is 1. The average Bonchev–Trinajstić information content (AvgIpc) is 2.73. The Morgan fingerprint density at radius 2 is 2.00 bits per heavy atom. The number of hydrogen-bond donors (Lipinski definition) is 0. The summed E-state index contributed by atoms with van der Waals surface area (Å²) < 4.78 is 8.81. The number of pyridine rings is 1. The minimum atomic E-state index is -0.117. The topological polar surface area (TPSA) is 51.8 Å².